The Labute approximate surface area is 175 Å². The van der Waals surface area contributed by atoms with E-state index in [1.165, 1.54) is 11.1 Å². The molecule has 0 aromatic heterocycles. The second-order valence-electron chi connectivity index (χ2n) is 6.45. The first-order chi connectivity index (χ1) is 12.9. The molecule has 3 rings (SSSR count). The van der Waals surface area contributed by atoms with Gasteiger partial charge in [0, 0.05) is 38.4 Å². The van der Waals surface area contributed by atoms with Crippen molar-refractivity contribution in [1.82, 2.24) is 0 Å². The predicted molar refractivity (Wildman–Crippen MR) is 115 cm³/mol. The van der Waals surface area contributed by atoms with Gasteiger partial charge in [-0.2, -0.15) is 0 Å². The Bertz CT molecular complexity index is 956. The summed E-state index contributed by atoms with van der Waals surface area (Å²) in [5.41, 5.74) is 5.39. The second kappa shape index (κ2) is 8.88. The molecule has 0 spiro atoms. The van der Waals surface area contributed by atoms with Crippen molar-refractivity contribution in [2.45, 2.75) is 27.0 Å². The van der Waals surface area contributed by atoms with E-state index in [1.807, 2.05) is 24.3 Å². The fourth-order valence-electron chi connectivity index (χ4n) is 2.82. The Morgan fingerprint density at radius 2 is 1.56 bits per heavy atom. The van der Waals surface area contributed by atoms with Crippen molar-refractivity contribution < 1.29 is 4.74 Å². The van der Waals surface area contributed by atoms with Crippen molar-refractivity contribution in [2.24, 2.45) is 0 Å². The third-order valence-corrected chi connectivity index (χ3v) is 5.09. The van der Waals surface area contributed by atoms with Crippen LogP contribution in [0.5, 0.6) is 5.75 Å². The minimum atomic E-state index is 0.355. The molecule has 140 valence electrons. The lowest BCUT2D eigenvalue weighted by Crippen LogP contribution is -2.05. The van der Waals surface area contributed by atoms with Crippen LogP contribution in [-0.2, 0) is 13.2 Å². The van der Waals surface area contributed by atoms with Crippen molar-refractivity contribution in [3.63, 3.8) is 0 Å². The molecule has 2 nitrogen and oxygen atoms in total. The summed E-state index contributed by atoms with van der Waals surface area (Å²) in [5.74, 6) is 0.766. The van der Waals surface area contributed by atoms with E-state index in [2.05, 4.69) is 37.4 Å². The maximum Gasteiger partial charge on any atom is 0.124 e. The normalized spacial score (nSPS) is 10.7. The average Bonchev–Trinajstić information content (AvgIpc) is 2.61. The zero-order valence-electron chi connectivity index (χ0n) is 15.2. The van der Waals surface area contributed by atoms with Crippen molar-refractivity contribution in [3.05, 3.63) is 91.9 Å². The molecule has 0 bridgehead atoms. The van der Waals surface area contributed by atoms with E-state index in [4.69, 9.17) is 39.5 Å². The van der Waals surface area contributed by atoms with Crippen LogP contribution in [0, 0.1) is 13.8 Å². The lowest BCUT2D eigenvalue weighted by Gasteiger charge is -2.15. The van der Waals surface area contributed by atoms with Gasteiger partial charge in [-0.1, -0.05) is 58.6 Å². The number of ether oxygens (including phenoxy) is 1. The Balaban J connectivity index is 1.74. The molecule has 0 unspecified atom stereocenters. The van der Waals surface area contributed by atoms with E-state index in [0.717, 1.165) is 22.6 Å². The summed E-state index contributed by atoms with van der Waals surface area (Å²) < 4.78 is 6.01. The summed E-state index contributed by atoms with van der Waals surface area (Å²) in [5, 5.41) is 5.32. The standard InChI is InChI=1S/C22H20Cl3NO/c1-14-3-7-21(15(2)9-14)26-12-17-10-18(23)6-8-22(17)27-13-16-4-5-19(24)11-20(16)25/h3-11,26H,12-13H2,1-2H3. The zero-order chi connectivity index (χ0) is 19.4. The van der Waals surface area contributed by atoms with E-state index in [9.17, 15) is 0 Å². The Morgan fingerprint density at radius 1 is 0.815 bits per heavy atom. The monoisotopic (exact) mass is 419 g/mol. The SMILES string of the molecule is Cc1ccc(NCc2cc(Cl)ccc2OCc2ccc(Cl)cc2Cl)c(C)c1. The van der Waals surface area contributed by atoms with Gasteiger partial charge < -0.3 is 10.1 Å². The van der Waals surface area contributed by atoms with Crippen LogP contribution in [-0.4, -0.2) is 0 Å². The first-order valence-corrected chi connectivity index (χ1v) is 9.72. The number of hydrogen-bond donors (Lipinski definition) is 1. The van der Waals surface area contributed by atoms with E-state index in [-0.39, 0.29) is 0 Å². The van der Waals surface area contributed by atoms with Crippen LogP contribution in [0.2, 0.25) is 15.1 Å². The van der Waals surface area contributed by atoms with E-state index >= 15 is 0 Å². The van der Waals surface area contributed by atoms with Crippen LogP contribution < -0.4 is 10.1 Å². The Morgan fingerprint density at radius 3 is 2.30 bits per heavy atom. The number of anilines is 1. The molecule has 3 aromatic carbocycles. The number of benzene rings is 3. The number of halogens is 3. The van der Waals surface area contributed by atoms with Gasteiger partial charge in [0.15, 0.2) is 0 Å². The summed E-state index contributed by atoms with van der Waals surface area (Å²) in [6, 6.07) is 17.3. The molecule has 0 saturated heterocycles. The van der Waals surface area contributed by atoms with Crippen LogP contribution in [0.4, 0.5) is 5.69 Å². The first kappa shape index (κ1) is 19.9. The zero-order valence-corrected chi connectivity index (χ0v) is 17.4. The van der Waals surface area contributed by atoms with Crippen LogP contribution in [0.25, 0.3) is 0 Å². The van der Waals surface area contributed by atoms with Crippen LogP contribution in [0.15, 0.2) is 54.6 Å². The molecule has 0 aliphatic heterocycles. The summed E-state index contributed by atoms with van der Waals surface area (Å²) in [7, 11) is 0. The second-order valence-corrected chi connectivity index (χ2v) is 7.73. The van der Waals surface area contributed by atoms with Crippen LogP contribution in [0.3, 0.4) is 0 Å². The third kappa shape index (κ3) is 5.32. The molecule has 0 fully saturated rings. The summed E-state index contributed by atoms with van der Waals surface area (Å²) in [6.07, 6.45) is 0. The number of hydrogen-bond acceptors (Lipinski definition) is 2. The third-order valence-electron chi connectivity index (χ3n) is 4.27. The molecule has 0 aliphatic carbocycles. The summed E-state index contributed by atoms with van der Waals surface area (Å²) >= 11 is 18.4. The highest BCUT2D eigenvalue weighted by molar-refractivity contribution is 6.35. The van der Waals surface area contributed by atoms with Gasteiger partial charge in [-0.05, 0) is 55.8 Å². The maximum atomic E-state index is 6.23. The van der Waals surface area contributed by atoms with Crippen LogP contribution >= 0.6 is 34.8 Å². The van der Waals surface area contributed by atoms with E-state index in [0.29, 0.717) is 28.2 Å². The minimum absolute atomic E-state index is 0.355. The minimum Gasteiger partial charge on any atom is -0.488 e. The van der Waals surface area contributed by atoms with Gasteiger partial charge in [-0.3, -0.25) is 0 Å². The highest BCUT2D eigenvalue weighted by Crippen LogP contribution is 2.27. The van der Waals surface area contributed by atoms with E-state index in [1.54, 1.807) is 12.1 Å². The number of aryl methyl sites for hydroxylation is 2. The molecule has 0 atom stereocenters. The van der Waals surface area contributed by atoms with Crippen molar-refractivity contribution in [2.75, 3.05) is 5.32 Å². The molecule has 1 N–H and O–H groups in total. The smallest absolute Gasteiger partial charge is 0.124 e. The van der Waals surface area contributed by atoms with Gasteiger partial charge in [0.1, 0.15) is 12.4 Å². The molecule has 0 saturated carbocycles. The molecule has 0 radical (unpaired) electrons. The quantitative estimate of drug-likeness (QED) is 0.447. The largest absolute Gasteiger partial charge is 0.488 e. The topological polar surface area (TPSA) is 21.3 Å². The van der Waals surface area contributed by atoms with Crippen molar-refractivity contribution in [1.29, 1.82) is 0 Å². The van der Waals surface area contributed by atoms with Gasteiger partial charge in [-0.15, -0.1) is 0 Å². The fourth-order valence-corrected chi connectivity index (χ4v) is 3.48. The lowest BCUT2D eigenvalue weighted by atomic mass is 10.1. The molecule has 5 heteroatoms. The first-order valence-electron chi connectivity index (χ1n) is 8.58. The van der Waals surface area contributed by atoms with Crippen molar-refractivity contribution in [3.8, 4) is 5.75 Å². The van der Waals surface area contributed by atoms with Gasteiger partial charge in [0.25, 0.3) is 0 Å². The Kier molecular flexibility index (Phi) is 6.54. The molecular weight excluding hydrogens is 401 g/mol. The van der Waals surface area contributed by atoms with Crippen LogP contribution in [0.1, 0.15) is 22.3 Å². The lowest BCUT2D eigenvalue weighted by molar-refractivity contribution is 0.303. The summed E-state index contributed by atoms with van der Waals surface area (Å²) in [6.45, 7) is 5.14. The summed E-state index contributed by atoms with van der Waals surface area (Å²) in [4.78, 5) is 0. The van der Waals surface area contributed by atoms with Gasteiger partial charge in [0.05, 0.1) is 0 Å². The predicted octanol–water partition coefficient (Wildman–Crippen LogP) is 7.45. The molecule has 0 heterocycles. The van der Waals surface area contributed by atoms with Crippen molar-refractivity contribution >= 4 is 40.5 Å². The molecule has 3 aromatic rings. The highest BCUT2D eigenvalue weighted by Gasteiger charge is 2.08. The molecule has 27 heavy (non-hydrogen) atoms. The number of nitrogens with one attached hydrogen (secondary N) is 1. The fraction of sp³-hybridized carbons (Fsp3) is 0.182. The molecule has 0 aliphatic rings. The average molecular weight is 421 g/mol. The van der Waals surface area contributed by atoms with Gasteiger partial charge in [0.2, 0.25) is 0 Å². The van der Waals surface area contributed by atoms with E-state index < -0.39 is 0 Å². The highest BCUT2D eigenvalue weighted by atomic mass is 35.5. The van der Waals surface area contributed by atoms with Gasteiger partial charge in [-0.25, -0.2) is 0 Å². The molecular formula is C22H20Cl3NO. The Hall–Kier alpha value is -1.87. The maximum absolute atomic E-state index is 6.23. The molecule has 0 amide bonds. The number of rotatable bonds is 6. The van der Waals surface area contributed by atoms with Gasteiger partial charge >= 0.3 is 0 Å².